The van der Waals surface area contributed by atoms with E-state index in [1.54, 1.807) is 0 Å². The first-order chi connectivity index (χ1) is 12.8. The molecule has 16 heteroatoms. The van der Waals surface area contributed by atoms with Crippen LogP contribution in [-0.4, -0.2) is 19.5 Å². The summed E-state index contributed by atoms with van der Waals surface area (Å²) in [7, 11) is -3.71. The van der Waals surface area contributed by atoms with E-state index in [0.717, 1.165) is 0 Å². The Labute approximate surface area is 162 Å². The van der Waals surface area contributed by atoms with Gasteiger partial charge in [0.2, 0.25) is 0 Å². The van der Waals surface area contributed by atoms with Crippen LogP contribution in [0.5, 0.6) is 0 Å². The topological polar surface area (TPSA) is 84.7 Å². The Kier molecular flexibility index (Phi) is 7.26. The third-order valence-electron chi connectivity index (χ3n) is 2.93. The van der Waals surface area contributed by atoms with Gasteiger partial charge in [-0.2, -0.15) is 36.7 Å². The van der Waals surface area contributed by atoms with Gasteiger partial charge in [-0.05, 0) is 12.1 Å². The zero-order valence-electron chi connectivity index (χ0n) is 12.7. The lowest BCUT2D eigenvalue weighted by molar-refractivity contribution is -0.137. The van der Waals surface area contributed by atoms with E-state index in [1.165, 1.54) is 6.07 Å². The Morgan fingerprint density at radius 3 is 1.93 bits per heavy atom. The number of hydrogen-bond acceptors (Lipinski definition) is 4. The molecule has 0 aliphatic rings. The molecule has 2 rings (SSSR count). The van der Waals surface area contributed by atoms with Crippen LogP contribution < -0.4 is 5.73 Å². The van der Waals surface area contributed by atoms with Crippen molar-refractivity contribution in [3.05, 3.63) is 33.4 Å². The fourth-order valence-electron chi connectivity index (χ4n) is 1.89. The minimum Gasteiger partial charge on any atom is -0.383 e. The first-order valence-corrected chi connectivity index (χ1v) is 8.17. The minimum absolute atomic E-state index is 0.433. The minimum atomic E-state index is -5.25. The average molecular weight is 475 g/mol. The second kappa shape index (κ2) is 8.50. The third kappa shape index (κ3) is 4.65. The van der Waals surface area contributed by atoms with E-state index >= 15 is 0 Å². The summed E-state index contributed by atoms with van der Waals surface area (Å²) in [4.78, 5) is -1.15. The van der Waals surface area contributed by atoms with Crippen molar-refractivity contribution < 1.29 is 39.7 Å². The number of nitrogen functional groups attached to an aromatic ring is 1. The van der Waals surface area contributed by atoms with Crippen LogP contribution in [0.3, 0.4) is 0 Å². The summed E-state index contributed by atoms with van der Waals surface area (Å²) >= 11 is 11.5. The number of nitrogens with two attached hydrogens (primary N) is 1. The number of hydrogen-bond donors (Lipinski definition) is 1. The fraction of sp³-hybridized carbons (Fsp3) is 0.167. The molecule has 0 radical (unpaired) electrons. The van der Waals surface area contributed by atoms with Gasteiger partial charge in [-0.1, -0.05) is 23.2 Å². The van der Waals surface area contributed by atoms with Crippen molar-refractivity contribution in [3.63, 3.8) is 0 Å². The maximum Gasteiger partial charge on any atom is 0.476 e. The van der Waals surface area contributed by atoms with E-state index in [2.05, 4.69) is 5.10 Å². The van der Waals surface area contributed by atoms with E-state index in [1.807, 2.05) is 0 Å². The van der Waals surface area contributed by atoms with Crippen LogP contribution in [0, 0.1) is 11.3 Å². The molecule has 0 amide bonds. The summed E-state index contributed by atoms with van der Waals surface area (Å²) < 4.78 is 104. The largest absolute Gasteiger partial charge is 0.476 e. The molecule has 0 aliphatic carbocycles. The van der Waals surface area contributed by atoms with Crippen molar-refractivity contribution in [3.8, 4) is 11.8 Å². The molecule has 0 aliphatic heterocycles. The lowest BCUT2D eigenvalue weighted by Crippen LogP contribution is -2.18. The number of nitrogens with zero attached hydrogens (tertiary/aromatic N) is 3. The van der Waals surface area contributed by atoms with Gasteiger partial charge in [-0.25, -0.2) is 8.89 Å². The van der Waals surface area contributed by atoms with Gasteiger partial charge < -0.3 is 5.73 Å². The normalized spacial score (nSPS) is 12.8. The van der Waals surface area contributed by atoms with Crippen molar-refractivity contribution in [1.29, 1.82) is 5.26 Å². The molecule has 0 saturated carbocycles. The van der Waals surface area contributed by atoms with Gasteiger partial charge in [0.1, 0.15) is 22.5 Å². The van der Waals surface area contributed by atoms with Gasteiger partial charge in [0.15, 0.2) is 16.5 Å². The van der Waals surface area contributed by atoms with Gasteiger partial charge >= 0.3 is 11.7 Å². The molecule has 28 heavy (non-hydrogen) atoms. The number of benzene rings is 1. The molecule has 2 aromatic rings. The van der Waals surface area contributed by atoms with E-state index in [4.69, 9.17) is 43.3 Å². The summed E-state index contributed by atoms with van der Waals surface area (Å²) in [5.41, 5.74) is -2.42. The first-order valence-electron chi connectivity index (χ1n) is 6.27. The predicted molar refractivity (Wildman–Crippen MR) is 82.4 cm³/mol. The summed E-state index contributed by atoms with van der Waals surface area (Å²) in [6, 6.07) is 2.19. The van der Waals surface area contributed by atoms with Gasteiger partial charge in [-0.15, -0.1) is 0 Å². The Bertz CT molecular complexity index is 928. The summed E-state index contributed by atoms with van der Waals surface area (Å²) in [5, 5.41) is 11.1. The number of alkyl halides is 6. The monoisotopic (exact) mass is 474 g/mol. The molecule has 0 bridgehead atoms. The predicted octanol–water partition coefficient (Wildman–Crippen LogP) is 5.12. The number of rotatable bonds is 2. The molecule has 1 heterocycles. The van der Waals surface area contributed by atoms with E-state index < -0.39 is 60.2 Å². The third-order valence-corrected chi connectivity index (χ3v) is 4.70. The fourth-order valence-corrected chi connectivity index (χ4v) is 3.31. The first kappa shape index (κ1) is 23.9. The van der Waals surface area contributed by atoms with Gasteiger partial charge in [0.25, 0.3) is 0 Å². The number of halogens is 10. The quantitative estimate of drug-likeness (QED) is 0.612. The molecular formula is C12H4Cl2F8N4OS. The number of nitriles is 1. The maximum absolute atomic E-state index is 12.7. The summed E-state index contributed by atoms with van der Waals surface area (Å²) in [6.07, 6.45) is -4.79. The molecule has 0 saturated heterocycles. The molecular weight excluding hydrogens is 471 g/mol. The van der Waals surface area contributed by atoms with E-state index in [0.29, 0.717) is 16.8 Å². The van der Waals surface area contributed by atoms with Crippen LogP contribution in [0.4, 0.5) is 41.3 Å². The average Bonchev–Trinajstić information content (AvgIpc) is 2.90. The van der Waals surface area contributed by atoms with Crippen molar-refractivity contribution in [2.75, 3.05) is 5.73 Å². The molecule has 154 valence electrons. The van der Waals surface area contributed by atoms with Gasteiger partial charge in [0.05, 0.1) is 15.6 Å². The molecule has 1 unspecified atom stereocenters. The van der Waals surface area contributed by atoms with Crippen LogP contribution >= 0.6 is 23.2 Å². The van der Waals surface area contributed by atoms with E-state index in [-0.39, 0.29) is 0 Å². The molecule has 1 aromatic heterocycles. The van der Waals surface area contributed by atoms with Crippen LogP contribution in [0.2, 0.25) is 10.0 Å². The smallest absolute Gasteiger partial charge is 0.383 e. The zero-order chi connectivity index (χ0) is 22.0. The standard InChI is InChI=1S/C12H4Cl2F6N4OS.F2/c13-5-1-4(11(15,16)17)2-6(14)8(5)24-10(22)9(7(3-21)23-24)26(25)12(18,19)20;1-2/h1-2H,22H2;. The SMILES string of the molecule is FF.N#Cc1nn(-c2c(Cl)cc(C(F)(F)F)cc2Cl)c(N)c1S(=O)C(F)(F)F. The molecule has 5 nitrogen and oxygen atoms in total. The Morgan fingerprint density at radius 2 is 1.57 bits per heavy atom. The lowest BCUT2D eigenvalue weighted by Gasteiger charge is -2.13. The highest BCUT2D eigenvalue weighted by Gasteiger charge is 2.42. The van der Waals surface area contributed by atoms with Crippen molar-refractivity contribution >= 4 is 39.8 Å². The molecule has 2 N–H and O–H groups in total. The van der Waals surface area contributed by atoms with Crippen LogP contribution in [0.25, 0.3) is 5.69 Å². The van der Waals surface area contributed by atoms with E-state index in [9.17, 15) is 30.6 Å². The number of anilines is 1. The van der Waals surface area contributed by atoms with Crippen molar-refractivity contribution in [2.45, 2.75) is 16.6 Å². The van der Waals surface area contributed by atoms with Gasteiger partial charge in [-0.3, -0.25) is 0 Å². The molecule has 0 spiro atoms. The lowest BCUT2D eigenvalue weighted by atomic mass is 10.2. The molecule has 1 aromatic carbocycles. The van der Waals surface area contributed by atoms with Crippen LogP contribution in [0.1, 0.15) is 11.3 Å². The van der Waals surface area contributed by atoms with Crippen LogP contribution in [0.15, 0.2) is 17.0 Å². The highest BCUT2D eigenvalue weighted by Crippen LogP contribution is 2.40. The number of aromatic nitrogens is 2. The Morgan fingerprint density at radius 1 is 1.11 bits per heavy atom. The second-order valence-corrected chi connectivity index (χ2v) is 6.81. The molecule has 1 atom stereocenters. The van der Waals surface area contributed by atoms with Crippen LogP contribution in [-0.2, 0) is 17.0 Å². The summed E-state index contributed by atoms with van der Waals surface area (Å²) in [6.45, 7) is 0. The Hall–Kier alpha value is -2.11. The second-order valence-electron chi connectivity index (χ2n) is 4.59. The van der Waals surface area contributed by atoms with Crippen molar-refractivity contribution in [2.24, 2.45) is 0 Å². The highest BCUT2D eigenvalue weighted by molar-refractivity contribution is 7.86. The summed E-state index contributed by atoms with van der Waals surface area (Å²) in [5.74, 6) is -0.902. The highest BCUT2D eigenvalue weighted by atomic mass is 35.5. The zero-order valence-corrected chi connectivity index (χ0v) is 15.0. The molecule has 0 fully saturated rings. The maximum atomic E-state index is 12.7. The van der Waals surface area contributed by atoms with Crippen molar-refractivity contribution in [1.82, 2.24) is 9.78 Å². The Balaban J connectivity index is 0.00000190. The van der Waals surface area contributed by atoms with Gasteiger partial charge in [0, 0.05) is 9.15 Å².